The molecule has 0 aliphatic rings. The van der Waals surface area contributed by atoms with Gasteiger partial charge in [-0.1, -0.05) is 6.92 Å². The Morgan fingerprint density at radius 3 is 2.38 bits per heavy atom. The molecule has 0 N–H and O–H groups in total. The first-order chi connectivity index (χ1) is 3.93. The van der Waals surface area contributed by atoms with Crippen molar-refractivity contribution in [3.05, 3.63) is 24.3 Å². The van der Waals surface area contributed by atoms with Crippen LogP contribution < -0.4 is 0 Å². The summed E-state index contributed by atoms with van der Waals surface area (Å²) >= 11 is 0. The van der Waals surface area contributed by atoms with E-state index in [4.69, 9.17) is 0 Å². The third kappa shape index (κ3) is 1.03. The molecule has 0 unspecified atom stereocenters. The molecule has 0 atom stereocenters. The van der Waals surface area contributed by atoms with Crippen molar-refractivity contribution >= 4 is 0 Å². The Balaban J connectivity index is 2.83. The molecule has 0 aliphatic carbocycles. The number of aryl methyl sites for hydroxylation is 1. The molecular formula is C6H8N2. The second-order valence-electron chi connectivity index (χ2n) is 1.52. The van der Waals surface area contributed by atoms with Gasteiger partial charge < -0.3 is 0 Å². The van der Waals surface area contributed by atoms with Crippen LogP contribution in [-0.2, 0) is 6.42 Å². The van der Waals surface area contributed by atoms with Gasteiger partial charge in [-0.05, 0) is 6.07 Å². The van der Waals surface area contributed by atoms with E-state index in [-0.39, 0.29) is 0 Å². The lowest BCUT2D eigenvalue weighted by Crippen LogP contribution is -1.87. The van der Waals surface area contributed by atoms with Crippen LogP contribution in [0, 0.1) is 0 Å². The fraction of sp³-hybridized carbons (Fsp3) is 0.333. The van der Waals surface area contributed by atoms with E-state index in [1.165, 1.54) is 0 Å². The van der Waals surface area contributed by atoms with Crippen LogP contribution in [0.25, 0.3) is 0 Å². The van der Waals surface area contributed by atoms with Gasteiger partial charge in [-0.25, -0.2) is 9.97 Å². The molecule has 1 rings (SSSR count). The molecule has 42 valence electrons. The van der Waals surface area contributed by atoms with Crippen molar-refractivity contribution in [3.63, 3.8) is 0 Å². The zero-order valence-electron chi connectivity index (χ0n) is 4.83. The highest BCUT2D eigenvalue weighted by molar-refractivity contribution is 4.86. The van der Waals surface area contributed by atoms with E-state index in [1.54, 1.807) is 12.4 Å². The monoisotopic (exact) mass is 108 g/mol. The lowest BCUT2D eigenvalue weighted by atomic mass is 10.4. The summed E-state index contributed by atoms with van der Waals surface area (Å²) in [6.45, 7) is 2.04. The van der Waals surface area contributed by atoms with Crippen LogP contribution in [0.2, 0.25) is 0 Å². The van der Waals surface area contributed by atoms with Crippen molar-refractivity contribution in [1.82, 2.24) is 9.97 Å². The van der Waals surface area contributed by atoms with E-state index >= 15 is 0 Å². The highest BCUT2D eigenvalue weighted by atomic mass is 14.8. The Kier molecular flexibility index (Phi) is 1.57. The highest BCUT2D eigenvalue weighted by Gasteiger charge is 1.83. The molecule has 0 bridgehead atoms. The average Bonchev–Trinajstić information content (AvgIpc) is 1.90. The molecule has 0 saturated heterocycles. The van der Waals surface area contributed by atoms with Gasteiger partial charge in [0, 0.05) is 18.8 Å². The normalized spacial score (nSPS) is 9.12. The minimum atomic E-state index is 0.910. The number of nitrogens with zero attached hydrogens (tertiary/aromatic N) is 2. The Hall–Kier alpha value is -0.920. The standard InChI is InChI=1S/C6H8N2/c1-2-6-7-4-3-5-8-6/h3-5H,2H2,1H3. The first-order valence-electron chi connectivity index (χ1n) is 2.69. The van der Waals surface area contributed by atoms with E-state index in [9.17, 15) is 0 Å². The topological polar surface area (TPSA) is 25.8 Å². The first-order valence-corrected chi connectivity index (χ1v) is 2.69. The predicted octanol–water partition coefficient (Wildman–Crippen LogP) is 1.04. The highest BCUT2D eigenvalue weighted by Crippen LogP contribution is 1.85. The van der Waals surface area contributed by atoms with Gasteiger partial charge in [-0.2, -0.15) is 0 Å². The van der Waals surface area contributed by atoms with E-state index in [0.717, 1.165) is 12.2 Å². The Morgan fingerprint density at radius 2 is 2.00 bits per heavy atom. The molecule has 1 aromatic rings. The van der Waals surface area contributed by atoms with Gasteiger partial charge in [0.05, 0.1) is 0 Å². The van der Waals surface area contributed by atoms with Crippen LogP contribution in [0.3, 0.4) is 0 Å². The smallest absolute Gasteiger partial charge is 0.127 e. The van der Waals surface area contributed by atoms with Crippen LogP contribution in [0.1, 0.15) is 12.7 Å². The van der Waals surface area contributed by atoms with E-state index in [0.29, 0.717) is 0 Å². The predicted molar refractivity (Wildman–Crippen MR) is 31.4 cm³/mol. The molecule has 1 aromatic heterocycles. The third-order valence-electron chi connectivity index (χ3n) is 0.935. The lowest BCUT2D eigenvalue weighted by Gasteiger charge is -1.87. The van der Waals surface area contributed by atoms with Crippen molar-refractivity contribution < 1.29 is 0 Å². The van der Waals surface area contributed by atoms with Crippen molar-refractivity contribution in [1.29, 1.82) is 0 Å². The molecule has 1 heterocycles. The SMILES string of the molecule is CCc1ncccn1. The number of hydrogen-bond acceptors (Lipinski definition) is 2. The minimum absolute atomic E-state index is 0.910. The van der Waals surface area contributed by atoms with Crippen LogP contribution in [0.5, 0.6) is 0 Å². The van der Waals surface area contributed by atoms with Crippen molar-refractivity contribution in [3.8, 4) is 0 Å². The number of rotatable bonds is 1. The minimum Gasteiger partial charge on any atom is -0.241 e. The van der Waals surface area contributed by atoms with Crippen molar-refractivity contribution in [2.24, 2.45) is 0 Å². The van der Waals surface area contributed by atoms with Gasteiger partial charge >= 0.3 is 0 Å². The van der Waals surface area contributed by atoms with Gasteiger partial charge in [0.25, 0.3) is 0 Å². The van der Waals surface area contributed by atoms with Gasteiger partial charge in [-0.15, -0.1) is 0 Å². The summed E-state index contributed by atoms with van der Waals surface area (Å²) < 4.78 is 0. The average molecular weight is 108 g/mol. The molecule has 2 heteroatoms. The maximum absolute atomic E-state index is 3.99. The van der Waals surface area contributed by atoms with Gasteiger partial charge in [-0.3, -0.25) is 0 Å². The second-order valence-corrected chi connectivity index (χ2v) is 1.52. The van der Waals surface area contributed by atoms with Gasteiger partial charge in [0.15, 0.2) is 0 Å². The summed E-state index contributed by atoms with van der Waals surface area (Å²) in [5.74, 6) is 0.910. The van der Waals surface area contributed by atoms with Crippen LogP contribution in [0.4, 0.5) is 0 Å². The zero-order valence-corrected chi connectivity index (χ0v) is 4.83. The number of aromatic nitrogens is 2. The third-order valence-corrected chi connectivity index (χ3v) is 0.935. The molecule has 0 fully saturated rings. The number of hydrogen-bond donors (Lipinski definition) is 0. The molecule has 0 aromatic carbocycles. The maximum atomic E-state index is 3.99. The molecule has 0 amide bonds. The van der Waals surface area contributed by atoms with Gasteiger partial charge in [0.2, 0.25) is 0 Å². The van der Waals surface area contributed by atoms with Crippen LogP contribution >= 0.6 is 0 Å². The summed E-state index contributed by atoms with van der Waals surface area (Å²) in [4.78, 5) is 7.97. The quantitative estimate of drug-likeness (QED) is 0.537. The molecule has 2 nitrogen and oxygen atoms in total. The Labute approximate surface area is 48.6 Å². The maximum Gasteiger partial charge on any atom is 0.127 e. The summed E-state index contributed by atoms with van der Waals surface area (Å²) in [6.07, 6.45) is 4.43. The summed E-state index contributed by atoms with van der Waals surface area (Å²) in [7, 11) is 0. The van der Waals surface area contributed by atoms with Crippen LogP contribution in [0.15, 0.2) is 18.5 Å². The van der Waals surface area contributed by atoms with E-state index in [2.05, 4.69) is 9.97 Å². The fourth-order valence-electron chi connectivity index (χ4n) is 0.513. The Morgan fingerprint density at radius 1 is 1.38 bits per heavy atom. The molecule has 8 heavy (non-hydrogen) atoms. The molecular weight excluding hydrogens is 100 g/mol. The molecule has 0 aliphatic heterocycles. The second kappa shape index (κ2) is 2.40. The van der Waals surface area contributed by atoms with Crippen LogP contribution in [-0.4, -0.2) is 9.97 Å². The largest absolute Gasteiger partial charge is 0.241 e. The summed E-state index contributed by atoms with van der Waals surface area (Å²) in [6, 6.07) is 1.82. The fourth-order valence-corrected chi connectivity index (χ4v) is 0.513. The van der Waals surface area contributed by atoms with Crippen molar-refractivity contribution in [2.45, 2.75) is 13.3 Å². The van der Waals surface area contributed by atoms with E-state index < -0.39 is 0 Å². The van der Waals surface area contributed by atoms with Crippen molar-refractivity contribution in [2.75, 3.05) is 0 Å². The summed E-state index contributed by atoms with van der Waals surface area (Å²) in [5, 5.41) is 0. The van der Waals surface area contributed by atoms with E-state index in [1.807, 2.05) is 13.0 Å². The van der Waals surface area contributed by atoms with Gasteiger partial charge in [0.1, 0.15) is 5.82 Å². The Bertz CT molecular complexity index is 148. The first kappa shape index (κ1) is 5.22. The molecule has 0 spiro atoms. The molecule has 0 saturated carbocycles. The molecule has 0 radical (unpaired) electrons. The lowest BCUT2D eigenvalue weighted by molar-refractivity contribution is 0.939. The summed E-state index contributed by atoms with van der Waals surface area (Å²) in [5.41, 5.74) is 0. The zero-order chi connectivity index (χ0) is 5.82.